The molecular formula is C10H18N4. The lowest BCUT2D eigenvalue weighted by Gasteiger charge is -2.36. The van der Waals surface area contributed by atoms with Crippen LogP contribution in [0.4, 0.5) is 0 Å². The zero-order valence-electron chi connectivity index (χ0n) is 9.07. The van der Waals surface area contributed by atoms with Crippen LogP contribution in [0.15, 0.2) is 12.3 Å². The summed E-state index contributed by atoms with van der Waals surface area (Å²) in [6.07, 6.45) is 1.86. The first-order valence-corrected chi connectivity index (χ1v) is 5.10. The van der Waals surface area contributed by atoms with Gasteiger partial charge in [0.1, 0.15) is 0 Å². The fourth-order valence-electron chi connectivity index (χ4n) is 2.13. The highest BCUT2D eigenvalue weighted by Crippen LogP contribution is 2.20. The van der Waals surface area contributed by atoms with Crippen LogP contribution in [0.2, 0.25) is 0 Å². The largest absolute Gasteiger partial charge is 0.311 e. The average Bonchev–Trinajstić information content (AvgIpc) is 2.52. The summed E-state index contributed by atoms with van der Waals surface area (Å²) in [5, 5.41) is 7.70. The van der Waals surface area contributed by atoms with E-state index in [-0.39, 0.29) is 0 Å². The fourth-order valence-corrected chi connectivity index (χ4v) is 2.13. The maximum Gasteiger partial charge on any atom is 0.0641 e. The summed E-state index contributed by atoms with van der Waals surface area (Å²) in [4.78, 5) is 2.39. The van der Waals surface area contributed by atoms with Crippen LogP contribution in [0.5, 0.6) is 0 Å². The fraction of sp³-hybridized carbons (Fsp3) is 0.700. The quantitative estimate of drug-likeness (QED) is 0.702. The summed E-state index contributed by atoms with van der Waals surface area (Å²) in [6.45, 7) is 4.32. The number of nitrogens with zero attached hydrogens (tertiary/aromatic N) is 3. The first-order chi connectivity index (χ1) is 6.68. The highest BCUT2D eigenvalue weighted by molar-refractivity contribution is 5.09. The van der Waals surface area contributed by atoms with Crippen molar-refractivity contribution in [2.45, 2.75) is 19.0 Å². The normalized spacial score (nSPS) is 29.4. The molecule has 4 nitrogen and oxygen atoms in total. The first-order valence-electron chi connectivity index (χ1n) is 5.10. The molecular weight excluding hydrogens is 176 g/mol. The van der Waals surface area contributed by atoms with Gasteiger partial charge in [-0.1, -0.05) is 0 Å². The van der Waals surface area contributed by atoms with Crippen LogP contribution in [0.25, 0.3) is 0 Å². The molecule has 1 aromatic heterocycles. The Hall–Kier alpha value is -0.870. The second kappa shape index (κ2) is 3.71. The molecule has 0 bridgehead atoms. The lowest BCUT2D eigenvalue weighted by atomic mass is 10.1. The van der Waals surface area contributed by atoms with Crippen molar-refractivity contribution in [2.24, 2.45) is 7.05 Å². The lowest BCUT2D eigenvalue weighted by Crippen LogP contribution is -2.49. The van der Waals surface area contributed by atoms with Crippen molar-refractivity contribution in [3.63, 3.8) is 0 Å². The van der Waals surface area contributed by atoms with Gasteiger partial charge in [0.05, 0.1) is 11.7 Å². The third-order valence-electron chi connectivity index (χ3n) is 2.95. The molecule has 1 aromatic rings. The number of nitrogens with one attached hydrogen (secondary N) is 1. The van der Waals surface area contributed by atoms with Crippen molar-refractivity contribution in [3.05, 3.63) is 18.0 Å². The molecule has 1 N–H and O–H groups in total. The molecule has 0 saturated carbocycles. The molecule has 2 heterocycles. The summed E-state index contributed by atoms with van der Waals surface area (Å²) in [5.41, 5.74) is 1.28. The minimum atomic E-state index is 0.457. The number of likely N-dealkylation sites (N-methyl/N-ethyl adjacent to an activating group) is 1. The summed E-state index contributed by atoms with van der Waals surface area (Å²) < 4.78 is 1.96. The lowest BCUT2D eigenvalue weighted by molar-refractivity contribution is 0.164. The molecule has 14 heavy (non-hydrogen) atoms. The minimum Gasteiger partial charge on any atom is -0.311 e. The molecule has 1 aliphatic heterocycles. The molecule has 78 valence electrons. The molecule has 2 rings (SSSR count). The Morgan fingerprint density at radius 2 is 2.29 bits per heavy atom. The topological polar surface area (TPSA) is 33.1 Å². The number of hydrogen-bond acceptors (Lipinski definition) is 3. The van der Waals surface area contributed by atoms with Gasteiger partial charge >= 0.3 is 0 Å². The predicted octanol–water partition coefficient (Wildman–Crippen LogP) is 0.385. The van der Waals surface area contributed by atoms with Gasteiger partial charge in [0.2, 0.25) is 0 Å². The smallest absolute Gasteiger partial charge is 0.0641 e. The highest BCUT2D eigenvalue weighted by Gasteiger charge is 2.25. The van der Waals surface area contributed by atoms with Crippen LogP contribution < -0.4 is 5.32 Å². The van der Waals surface area contributed by atoms with Crippen molar-refractivity contribution in [3.8, 4) is 0 Å². The number of hydrogen-bond donors (Lipinski definition) is 1. The van der Waals surface area contributed by atoms with E-state index in [2.05, 4.69) is 35.4 Å². The molecule has 0 radical (unpaired) electrons. The van der Waals surface area contributed by atoms with Crippen LogP contribution in [-0.4, -0.2) is 40.9 Å². The summed E-state index contributed by atoms with van der Waals surface area (Å²) in [5.74, 6) is 0. The van der Waals surface area contributed by atoms with Gasteiger partial charge in [-0.15, -0.1) is 0 Å². The Bertz CT molecular complexity index is 307. The number of aryl methyl sites for hydroxylation is 1. The van der Waals surface area contributed by atoms with Gasteiger partial charge in [-0.25, -0.2) is 0 Å². The molecule has 0 amide bonds. The second-order valence-electron chi connectivity index (χ2n) is 4.14. The van der Waals surface area contributed by atoms with Crippen LogP contribution in [0, 0.1) is 0 Å². The van der Waals surface area contributed by atoms with Crippen molar-refractivity contribution in [2.75, 3.05) is 20.1 Å². The molecule has 4 heteroatoms. The molecule has 2 atom stereocenters. The van der Waals surface area contributed by atoms with Crippen molar-refractivity contribution >= 4 is 0 Å². The Morgan fingerprint density at radius 3 is 2.86 bits per heavy atom. The Balaban J connectivity index is 2.15. The standard InChI is InChI=1S/C10H18N4/c1-8-7-13(2)10(6-11-8)9-4-5-12-14(9)3/h4-5,8,10-11H,6-7H2,1-3H3. The van der Waals surface area contributed by atoms with Gasteiger partial charge in [0.25, 0.3) is 0 Å². The maximum absolute atomic E-state index is 4.21. The first kappa shape index (κ1) is 9.68. The van der Waals surface area contributed by atoms with Crippen molar-refractivity contribution < 1.29 is 0 Å². The van der Waals surface area contributed by atoms with E-state index < -0.39 is 0 Å². The van der Waals surface area contributed by atoms with E-state index in [1.165, 1.54) is 5.69 Å². The SMILES string of the molecule is CC1CN(C)C(c2ccnn2C)CN1. The third-order valence-corrected chi connectivity index (χ3v) is 2.95. The van der Waals surface area contributed by atoms with E-state index in [9.17, 15) is 0 Å². The molecule has 2 unspecified atom stereocenters. The Kier molecular flexibility index (Phi) is 2.56. The van der Waals surface area contributed by atoms with E-state index in [4.69, 9.17) is 0 Å². The molecule has 1 aliphatic rings. The second-order valence-corrected chi connectivity index (χ2v) is 4.14. The van der Waals surface area contributed by atoms with E-state index in [0.29, 0.717) is 12.1 Å². The van der Waals surface area contributed by atoms with E-state index >= 15 is 0 Å². The molecule has 1 saturated heterocycles. The maximum atomic E-state index is 4.21. The van der Waals surface area contributed by atoms with Gasteiger partial charge < -0.3 is 5.32 Å². The summed E-state index contributed by atoms with van der Waals surface area (Å²) in [6, 6.07) is 3.14. The molecule has 0 spiro atoms. The predicted molar refractivity (Wildman–Crippen MR) is 56.0 cm³/mol. The van der Waals surface area contributed by atoms with Crippen LogP contribution in [-0.2, 0) is 7.05 Å². The third kappa shape index (κ3) is 1.67. The molecule has 1 fully saturated rings. The number of piperazine rings is 1. The zero-order valence-corrected chi connectivity index (χ0v) is 9.07. The summed E-state index contributed by atoms with van der Waals surface area (Å²) >= 11 is 0. The van der Waals surface area contributed by atoms with E-state index in [1.54, 1.807) is 0 Å². The van der Waals surface area contributed by atoms with Gasteiger partial charge in [0.15, 0.2) is 0 Å². The van der Waals surface area contributed by atoms with E-state index in [0.717, 1.165) is 13.1 Å². The van der Waals surface area contributed by atoms with Crippen molar-refractivity contribution in [1.29, 1.82) is 0 Å². The van der Waals surface area contributed by atoms with Crippen LogP contribution in [0.1, 0.15) is 18.7 Å². The van der Waals surface area contributed by atoms with Gasteiger partial charge in [-0.3, -0.25) is 9.58 Å². The summed E-state index contributed by atoms with van der Waals surface area (Å²) in [7, 11) is 4.18. The van der Waals surface area contributed by atoms with Crippen LogP contribution in [0.3, 0.4) is 0 Å². The molecule has 0 aromatic carbocycles. The van der Waals surface area contributed by atoms with E-state index in [1.807, 2.05) is 17.9 Å². The average molecular weight is 194 g/mol. The van der Waals surface area contributed by atoms with Gasteiger partial charge in [-0.2, -0.15) is 5.10 Å². The minimum absolute atomic E-state index is 0.457. The van der Waals surface area contributed by atoms with Gasteiger partial charge in [0, 0.05) is 32.4 Å². The number of aromatic nitrogens is 2. The van der Waals surface area contributed by atoms with Gasteiger partial charge in [-0.05, 0) is 20.0 Å². The molecule has 0 aliphatic carbocycles. The Labute approximate surface area is 84.9 Å². The zero-order chi connectivity index (χ0) is 10.1. The Morgan fingerprint density at radius 1 is 1.50 bits per heavy atom. The number of rotatable bonds is 1. The highest BCUT2D eigenvalue weighted by atomic mass is 15.3. The van der Waals surface area contributed by atoms with Crippen molar-refractivity contribution in [1.82, 2.24) is 20.0 Å². The van der Waals surface area contributed by atoms with Crippen LogP contribution >= 0.6 is 0 Å². The monoisotopic (exact) mass is 194 g/mol.